The van der Waals surface area contributed by atoms with Crippen molar-refractivity contribution in [1.29, 1.82) is 0 Å². The van der Waals surface area contributed by atoms with Crippen molar-refractivity contribution < 1.29 is 4.79 Å². The number of halogens is 1. The van der Waals surface area contributed by atoms with Crippen LogP contribution in [0.25, 0.3) is 10.6 Å². The minimum Gasteiger partial charge on any atom is -0.335 e. The Balaban J connectivity index is 1.86. The monoisotopic (exact) mass is 335 g/mol. The molecule has 1 aliphatic heterocycles. The number of rotatable bonds is 4. The van der Waals surface area contributed by atoms with E-state index in [4.69, 9.17) is 11.6 Å². The van der Waals surface area contributed by atoms with Gasteiger partial charge in [0.1, 0.15) is 9.88 Å². The highest BCUT2D eigenvalue weighted by atomic mass is 35.5. The molecule has 0 aliphatic carbocycles. The van der Waals surface area contributed by atoms with Gasteiger partial charge in [-0.3, -0.25) is 9.78 Å². The topological polar surface area (TPSA) is 46.1 Å². The van der Waals surface area contributed by atoms with Crippen LogP contribution in [0, 0.1) is 0 Å². The number of hydrogen-bond acceptors (Lipinski definition) is 4. The van der Waals surface area contributed by atoms with Crippen molar-refractivity contribution in [2.75, 3.05) is 6.54 Å². The first-order valence-corrected chi connectivity index (χ1v) is 8.78. The summed E-state index contributed by atoms with van der Waals surface area (Å²) >= 11 is 7.58. The fourth-order valence-corrected chi connectivity index (χ4v) is 4.15. The maximum absolute atomic E-state index is 12.8. The van der Waals surface area contributed by atoms with E-state index in [0.717, 1.165) is 42.8 Å². The molecule has 0 N–H and O–H groups in total. The predicted octanol–water partition coefficient (Wildman–Crippen LogP) is 4.26. The molecule has 1 aliphatic rings. The highest BCUT2D eigenvalue weighted by Crippen LogP contribution is 2.33. The second-order valence-electron chi connectivity index (χ2n) is 5.46. The maximum atomic E-state index is 12.8. The van der Waals surface area contributed by atoms with Gasteiger partial charge in [0.25, 0.3) is 5.91 Å². The molecule has 116 valence electrons. The molecule has 0 radical (unpaired) electrons. The van der Waals surface area contributed by atoms with Crippen molar-refractivity contribution in [3.63, 3.8) is 0 Å². The molecule has 2 aromatic heterocycles. The Morgan fingerprint density at radius 3 is 3.14 bits per heavy atom. The molecule has 1 saturated heterocycles. The largest absolute Gasteiger partial charge is 0.335 e. The molecule has 1 unspecified atom stereocenters. The summed E-state index contributed by atoms with van der Waals surface area (Å²) in [6.07, 6.45) is 7.75. The standard InChI is InChI=1S/C16H18ClN3OS/c1-2-5-12-7-4-9-20(12)16(21)13-14(17)19-15(22-13)11-6-3-8-18-10-11/h3,6,8,10,12H,2,4-5,7,9H2,1H3. The van der Waals surface area contributed by atoms with E-state index in [9.17, 15) is 4.79 Å². The van der Waals surface area contributed by atoms with Crippen LogP contribution in [0.3, 0.4) is 0 Å². The van der Waals surface area contributed by atoms with Gasteiger partial charge in [0.15, 0.2) is 5.15 Å². The molecule has 4 nitrogen and oxygen atoms in total. The van der Waals surface area contributed by atoms with Crippen molar-refractivity contribution in [2.45, 2.75) is 38.6 Å². The van der Waals surface area contributed by atoms with E-state index in [0.29, 0.717) is 16.1 Å². The third-order valence-electron chi connectivity index (χ3n) is 3.95. The number of amides is 1. The zero-order valence-corrected chi connectivity index (χ0v) is 14.0. The van der Waals surface area contributed by atoms with Crippen LogP contribution in [-0.4, -0.2) is 33.4 Å². The fourth-order valence-electron chi connectivity index (χ4n) is 2.91. The highest BCUT2D eigenvalue weighted by molar-refractivity contribution is 7.17. The van der Waals surface area contributed by atoms with Gasteiger partial charge in [-0.1, -0.05) is 24.9 Å². The Hall–Kier alpha value is -1.46. The van der Waals surface area contributed by atoms with Crippen molar-refractivity contribution in [2.24, 2.45) is 0 Å². The van der Waals surface area contributed by atoms with Crippen LogP contribution in [-0.2, 0) is 0 Å². The van der Waals surface area contributed by atoms with E-state index in [-0.39, 0.29) is 5.91 Å². The molecule has 0 saturated carbocycles. The number of pyridine rings is 1. The molecular weight excluding hydrogens is 318 g/mol. The van der Waals surface area contributed by atoms with Gasteiger partial charge in [-0.05, 0) is 31.4 Å². The van der Waals surface area contributed by atoms with E-state index in [1.165, 1.54) is 11.3 Å². The van der Waals surface area contributed by atoms with E-state index < -0.39 is 0 Å². The van der Waals surface area contributed by atoms with Gasteiger partial charge in [0, 0.05) is 30.5 Å². The average Bonchev–Trinajstić information content (AvgIpc) is 3.15. The lowest BCUT2D eigenvalue weighted by atomic mass is 10.1. The first kappa shape index (κ1) is 15.4. The lowest BCUT2D eigenvalue weighted by Crippen LogP contribution is -2.35. The van der Waals surface area contributed by atoms with Gasteiger partial charge in [0.2, 0.25) is 0 Å². The van der Waals surface area contributed by atoms with Gasteiger partial charge in [-0.25, -0.2) is 4.98 Å². The first-order valence-electron chi connectivity index (χ1n) is 7.58. The summed E-state index contributed by atoms with van der Waals surface area (Å²) < 4.78 is 0. The van der Waals surface area contributed by atoms with Crippen molar-refractivity contribution in [3.8, 4) is 10.6 Å². The minimum atomic E-state index is 0.0218. The SMILES string of the molecule is CCCC1CCCN1C(=O)c1sc(-c2cccnc2)nc1Cl. The van der Waals surface area contributed by atoms with Gasteiger partial charge >= 0.3 is 0 Å². The molecule has 1 atom stereocenters. The number of thiazole rings is 1. The van der Waals surface area contributed by atoms with Crippen LogP contribution >= 0.6 is 22.9 Å². The van der Waals surface area contributed by atoms with Crippen LogP contribution in [0.2, 0.25) is 5.15 Å². The smallest absolute Gasteiger partial charge is 0.267 e. The van der Waals surface area contributed by atoms with E-state index >= 15 is 0 Å². The van der Waals surface area contributed by atoms with E-state index in [1.54, 1.807) is 12.4 Å². The molecule has 0 aromatic carbocycles. The Labute approximate surface area is 139 Å². The van der Waals surface area contributed by atoms with E-state index in [2.05, 4.69) is 16.9 Å². The predicted molar refractivity (Wildman–Crippen MR) is 89.3 cm³/mol. The van der Waals surface area contributed by atoms with Crippen LogP contribution in [0.15, 0.2) is 24.5 Å². The summed E-state index contributed by atoms with van der Waals surface area (Å²) in [6.45, 7) is 2.97. The molecule has 3 rings (SSSR count). The molecule has 1 fully saturated rings. The summed E-state index contributed by atoms with van der Waals surface area (Å²) in [6, 6.07) is 4.12. The summed E-state index contributed by atoms with van der Waals surface area (Å²) in [5, 5.41) is 1.05. The quantitative estimate of drug-likeness (QED) is 0.838. The second kappa shape index (κ2) is 6.75. The molecule has 2 aromatic rings. The highest BCUT2D eigenvalue weighted by Gasteiger charge is 2.31. The summed E-state index contributed by atoms with van der Waals surface area (Å²) in [5.74, 6) is 0.0218. The molecule has 0 bridgehead atoms. The zero-order valence-electron chi connectivity index (χ0n) is 12.5. The minimum absolute atomic E-state index is 0.0218. The Bertz CT molecular complexity index is 659. The molecule has 3 heterocycles. The van der Waals surface area contributed by atoms with Crippen molar-refractivity contribution >= 4 is 28.8 Å². The van der Waals surface area contributed by atoms with Gasteiger partial charge in [0.05, 0.1) is 0 Å². The Morgan fingerprint density at radius 2 is 2.41 bits per heavy atom. The third-order valence-corrected chi connectivity index (χ3v) is 5.43. The molecule has 22 heavy (non-hydrogen) atoms. The number of likely N-dealkylation sites (tertiary alicyclic amines) is 1. The Morgan fingerprint density at radius 1 is 1.55 bits per heavy atom. The first-order chi connectivity index (χ1) is 10.7. The van der Waals surface area contributed by atoms with Gasteiger partial charge in [-0.15, -0.1) is 11.3 Å². The van der Waals surface area contributed by atoms with Crippen molar-refractivity contribution in [3.05, 3.63) is 34.6 Å². The van der Waals surface area contributed by atoms with Gasteiger partial charge in [-0.2, -0.15) is 0 Å². The van der Waals surface area contributed by atoms with Crippen LogP contribution < -0.4 is 0 Å². The molecule has 1 amide bonds. The average molecular weight is 336 g/mol. The van der Waals surface area contributed by atoms with Crippen LogP contribution in [0.1, 0.15) is 42.3 Å². The van der Waals surface area contributed by atoms with Crippen LogP contribution in [0.4, 0.5) is 0 Å². The number of aromatic nitrogens is 2. The molecule has 6 heteroatoms. The zero-order chi connectivity index (χ0) is 15.5. The third kappa shape index (κ3) is 3.01. The summed E-state index contributed by atoms with van der Waals surface area (Å²) in [7, 11) is 0. The number of hydrogen-bond donors (Lipinski definition) is 0. The summed E-state index contributed by atoms with van der Waals surface area (Å²) in [4.78, 5) is 23.7. The maximum Gasteiger partial charge on any atom is 0.267 e. The number of nitrogens with zero attached hydrogens (tertiary/aromatic N) is 3. The Kier molecular flexibility index (Phi) is 4.74. The lowest BCUT2D eigenvalue weighted by molar-refractivity contribution is 0.0735. The van der Waals surface area contributed by atoms with Gasteiger partial charge < -0.3 is 4.90 Å². The molecular formula is C16H18ClN3OS. The number of carbonyl (C=O) groups excluding carboxylic acids is 1. The van der Waals surface area contributed by atoms with Crippen molar-refractivity contribution in [1.82, 2.24) is 14.9 Å². The molecule has 0 spiro atoms. The second-order valence-corrected chi connectivity index (χ2v) is 6.82. The van der Waals surface area contributed by atoms with Crippen LogP contribution in [0.5, 0.6) is 0 Å². The normalized spacial score (nSPS) is 17.9. The fraction of sp³-hybridized carbons (Fsp3) is 0.438. The lowest BCUT2D eigenvalue weighted by Gasteiger charge is -2.23. The summed E-state index contributed by atoms with van der Waals surface area (Å²) in [5.41, 5.74) is 0.889. The number of carbonyl (C=O) groups is 1. The van der Waals surface area contributed by atoms with E-state index in [1.807, 2.05) is 17.0 Å².